The van der Waals surface area contributed by atoms with Gasteiger partial charge in [-0.25, -0.2) is 9.37 Å². The van der Waals surface area contributed by atoms with E-state index in [2.05, 4.69) is 9.97 Å². The Labute approximate surface area is 127 Å². The van der Waals surface area contributed by atoms with Gasteiger partial charge in [0.2, 0.25) is 0 Å². The predicted molar refractivity (Wildman–Crippen MR) is 78.5 cm³/mol. The molecule has 0 aliphatic heterocycles. The van der Waals surface area contributed by atoms with Gasteiger partial charge in [-0.1, -0.05) is 17.7 Å². The molecule has 0 atom stereocenters. The summed E-state index contributed by atoms with van der Waals surface area (Å²) in [6.07, 6.45) is 2.65. The molecule has 1 amide bonds. The summed E-state index contributed by atoms with van der Waals surface area (Å²) < 4.78 is 13.3. The topological polar surface area (TPSA) is 46.1 Å². The highest BCUT2D eigenvalue weighted by atomic mass is 35.5. The van der Waals surface area contributed by atoms with Gasteiger partial charge in [-0.2, -0.15) is 0 Å². The largest absolute Gasteiger partial charge is 0.330 e. The third-order valence-electron chi connectivity index (χ3n) is 2.98. The van der Waals surface area contributed by atoms with Crippen molar-refractivity contribution < 1.29 is 9.18 Å². The first-order valence-corrected chi connectivity index (χ1v) is 6.88. The maximum Gasteiger partial charge on any atom is 0.257 e. The fraction of sp³-hybridized carbons (Fsp3) is 0.267. The van der Waals surface area contributed by atoms with Gasteiger partial charge in [0.15, 0.2) is 0 Å². The zero-order valence-electron chi connectivity index (χ0n) is 11.8. The zero-order chi connectivity index (χ0) is 15.4. The lowest BCUT2D eigenvalue weighted by atomic mass is 10.2. The number of aromatic nitrogens is 2. The minimum atomic E-state index is -0.593. The van der Waals surface area contributed by atoms with Crippen molar-refractivity contribution in [1.29, 1.82) is 0 Å². The van der Waals surface area contributed by atoms with Crippen molar-refractivity contribution in [3.63, 3.8) is 0 Å². The van der Waals surface area contributed by atoms with Crippen LogP contribution in [0.2, 0.25) is 5.15 Å². The van der Waals surface area contributed by atoms with Crippen molar-refractivity contribution in [1.82, 2.24) is 14.9 Å². The lowest BCUT2D eigenvalue weighted by Gasteiger charge is -2.26. The van der Waals surface area contributed by atoms with E-state index < -0.39 is 5.82 Å². The molecule has 0 saturated carbocycles. The number of hydrogen-bond acceptors (Lipinski definition) is 3. The molecule has 6 heteroatoms. The number of nitrogens with zero attached hydrogens (tertiary/aromatic N) is 3. The summed E-state index contributed by atoms with van der Waals surface area (Å²) in [6.45, 7) is 4.08. The summed E-state index contributed by atoms with van der Waals surface area (Å²) in [5.41, 5.74) is 0.807. The molecule has 0 spiro atoms. The number of amides is 1. The highest BCUT2D eigenvalue weighted by Crippen LogP contribution is 2.19. The Bertz CT molecular complexity index is 634. The molecular formula is C15H15ClFN3O. The number of hydrogen-bond donors (Lipinski definition) is 0. The van der Waals surface area contributed by atoms with Gasteiger partial charge in [0.1, 0.15) is 11.0 Å². The van der Waals surface area contributed by atoms with Crippen LogP contribution in [0, 0.1) is 5.82 Å². The Morgan fingerprint density at radius 1 is 1.38 bits per heavy atom. The smallest absolute Gasteiger partial charge is 0.257 e. The van der Waals surface area contributed by atoms with E-state index in [1.54, 1.807) is 17.2 Å². The van der Waals surface area contributed by atoms with E-state index >= 15 is 0 Å². The molecule has 0 radical (unpaired) electrons. The quantitative estimate of drug-likeness (QED) is 0.814. The van der Waals surface area contributed by atoms with Crippen molar-refractivity contribution in [3.05, 3.63) is 58.9 Å². The summed E-state index contributed by atoms with van der Waals surface area (Å²) in [7, 11) is 0. The molecule has 0 fully saturated rings. The standard InChI is InChI=1S/C15H15ClFN3O/c1-10(2)20(9-12-5-3-4-6-18-12)15(21)13-7-11(17)8-19-14(13)16/h3-8,10H,9H2,1-2H3. The Morgan fingerprint density at radius 2 is 2.14 bits per heavy atom. The van der Waals surface area contributed by atoms with Crippen molar-refractivity contribution in [2.45, 2.75) is 26.4 Å². The average molecular weight is 308 g/mol. The number of rotatable bonds is 4. The SMILES string of the molecule is CC(C)N(Cc1ccccn1)C(=O)c1cc(F)cnc1Cl. The van der Waals surface area contributed by atoms with Crippen LogP contribution in [0.4, 0.5) is 4.39 Å². The summed E-state index contributed by atoms with van der Waals surface area (Å²) in [5, 5.41) is -0.00642. The van der Waals surface area contributed by atoms with Crippen molar-refractivity contribution in [2.75, 3.05) is 0 Å². The van der Waals surface area contributed by atoms with Gasteiger partial charge in [-0.15, -0.1) is 0 Å². The first kappa shape index (κ1) is 15.4. The maximum absolute atomic E-state index is 13.3. The molecule has 0 aliphatic rings. The van der Waals surface area contributed by atoms with Gasteiger partial charge < -0.3 is 4.90 Å². The maximum atomic E-state index is 13.3. The fourth-order valence-corrected chi connectivity index (χ4v) is 2.07. The molecule has 2 rings (SSSR count). The van der Waals surface area contributed by atoms with Crippen molar-refractivity contribution in [2.24, 2.45) is 0 Å². The second kappa shape index (κ2) is 6.63. The normalized spacial score (nSPS) is 10.7. The van der Waals surface area contributed by atoms with E-state index in [-0.39, 0.29) is 22.7 Å². The number of pyridine rings is 2. The van der Waals surface area contributed by atoms with E-state index in [4.69, 9.17) is 11.6 Å². The van der Waals surface area contributed by atoms with Gasteiger partial charge in [0, 0.05) is 12.2 Å². The lowest BCUT2D eigenvalue weighted by molar-refractivity contribution is 0.0687. The Balaban J connectivity index is 2.30. The molecule has 0 aliphatic carbocycles. The van der Waals surface area contributed by atoms with Crippen LogP contribution in [0.1, 0.15) is 29.9 Å². The second-order valence-electron chi connectivity index (χ2n) is 4.84. The Morgan fingerprint density at radius 3 is 2.76 bits per heavy atom. The summed E-state index contributed by atoms with van der Waals surface area (Å²) in [4.78, 5) is 22.0. The molecule has 110 valence electrons. The second-order valence-corrected chi connectivity index (χ2v) is 5.20. The number of halogens is 2. The van der Waals surface area contributed by atoms with Crippen molar-refractivity contribution >= 4 is 17.5 Å². The van der Waals surface area contributed by atoms with E-state index in [0.29, 0.717) is 6.54 Å². The molecule has 21 heavy (non-hydrogen) atoms. The van der Waals surface area contributed by atoms with Gasteiger partial charge in [-0.3, -0.25) is 9.78 Å². The molecule has 0 unspecified atom stereocenters. The van der Waals surface area contributed by atoms with Crippen LogP contribution in [-0.4, -0.2) is 26.8 Å². The fourth-order valence-electron chi connectivity index (χ4n) is 1.88. The van der Waals surface area contributed by atoms with E-state index in [0.717, 1.165) is 18.0 Å². The first-order chi connectivity index (χ1) is 9.99. The van der Waals surface area contributed by atoms with Crippen molar-refractivity contribution in [3.8, 4) is 0 Å². The van der Waals surface area contributed by atoms with Gasteiger partial charge in [0.05, 0.1) is 24.0 Å². The molecule has 4 nitrogen and oxygen atoms in total. The Hall–Kier alpha value is -2.01. The van der Waals surface area contributed by atoms with E-state index in [9.17, 15) is 9.18 Å². The molecule has 0 bridgehead atoms. The highest BCUT2D eigenvalue weighted by molar-refractivity contribution is 6.32. The number of carbonyl (C=O) groups is 1. The van der Waals surface area contributed by atoms with Crippen LogP contribution in [-0.2, 0) is 6.54 Å². The van der Waals surface area contributed by atoms with E-state index in [1.165, 1.54) is 0 Å². The third kappa shape index (κ3) is 3.76. The molecular weight excluding hydrogens is 293 g/mol. The van der Waals surface area contributed by atoms with Gasteiger partial charge in [-0.05, 0) is 32.0 Å². The molecule has 2 aromatic rings. The van der Waals surface area contributed by atoms with Crippen LogP contribution in [0.25, 0.3) is 0 Å². The molecule has 0 N–H and O–H groups in total. The lowest BCUT2D eigenvalue weighted by Crippen LogP contribution is -2.37. The van der Waals surface area contributed by atoms with Gasteiger partial charge >= 0.3 is 0 Å². The monoisotopic (exact) mass is 307 g/mol. The minimum Gasteiger partial charge on any atom is -0.330 e. The summed E-state index contributed by atoms with van der Waals surface area (Å²) in [5.74, 6) is -0.961. The van der Waals surface area contributed by atoms with Crippen LogP contribution < -0.4 is 0 Å². The zero-order valence-corrected chi connectivity index (χ0v) is 12.5. The molecule has 2 aromatic heterocycles. The van der Waals surface area contributed by atoms with E-state index in [1.807, 2.05) is 26.0 Å². The molecule has 2 heterocycles. The first-order valence-electron chi connectivity index (χ1n) is 6.51. The minimum absolute atomic E-state index is 0.00642. The van der Waals surface area contributed by atoms with Crippen LogP contribution in [0.15, 0.2) is 36.7 Å². The summed E-state index contributed by atoms with van der Waals surface area (Å²) >= 11 is 5.90. The highest BCUT2D eigenvalue weighted by Gasteiger charge is 2.22. The third-order valence-corrected chi connectivity index (χ3v) is 3.28. The molecule has 0 saturated heterocycles. The predicted octanol–water partition coefficient (Wildman–Crippen LogP) is 3.32. The summed E-state index contributed by atoms with van der Waals surface area (Å²) in [6, 6.07) is 6.50. The average Bonchev–Trinajstić information content (AvgIpc) is 2.47. The van der Waals surface area contributed by atoms with Crippen LogP contribution in [0.5, 0.6) is 0 Å². The Kier molecular flexibility index (Phi) is 4.85. The van der Waals surface area contributed by atoms with Gasteiger partial charge in [0.25, 0.3) is 5.91 Å². The molecule has 0 aromatic carbocycles. The number of carbonyl (C=O) groups excluding carboxylic acids is 1. The van der Waals surface area contributed by atoms with Crippen LogP contribution in [0.3, 0.4) is 0 Å². The van der Waals surface area contributed by atoms with Crippen LogP contribution >= 0.6 is 11.6 Å².